The Kier molecular flexibility index (Phi) is 5.80. The van der Waals surface area contributed by atoms with E-state index in [-0.39, 0.29) is 18.6 Å². The zero-order chi connectivity index (χ0) is 16.7. The Morgan fingerprint density at radius 3 is 2.78 bits per heavy atom. The van der Waals surface area contributed by atoms with Gasteiger partial charge in [-0.15, -0.1) is 0 Å². The van der Waals surface area contributed by atoms with Crippen LogP contribution in [-0.4, -0.2) is 25.4 Å². The number of benzene rings is 1. The van der Waals surface area contributed by atoms with E-state index in [4.69, 9.17) is 13.9 Å². The third-order valence-electron chi connectivity index (χ3n) is 3.11. The maximum atomic E-state index is 11.9. The monoisotopic (exact) mass is 317 g/mol. The summed E-state index contributed by atoms with van der Waals surface area (Å²) in [6.45, 7) is 3.92. The van der Waals surface area contributed by atoms with Gasteiger partial charge < -0.3 is 19.2 Å². The molecule has 6 nitrogen and oxygen atoms in total. The lowest BCUT2D eigenvalue weighted by molar-refractivity contribution is -0.123. The number of nitrogens with one attached hydrogen (secondary N) is 1. The zero-order valence-corrected chi connectivity index (χ0v) is 13.1. The molecule has 1 aromatic carbocycles. The highest BCUT2D eigenvalue weighted by atomic mass is 16.5. The molecule has 1 amide bonds. The summed E-state index contributed by atoms with van der Waals surface area (Å²) >= 11 is 0. The fourth-order valence-electron chi connectivity index (χ4n) is 2.02. The van der Waals surface area contributed by atoms with Gasteiger partial charge in [0.05, 0.1) is 18.9 Å². The first-order valence-electron chi connectivity index (χ1n) is 7.31. The van der Waals surface area contributed by atoms with Gasteiger partial charge in [-0.25, -0.2) is 0 Å². The number of carbonyl (C=O) groups is 2. The van der Waals surface area contributed by atoms with Gasteiger partial charge in [0, 0.05) is 5.56 Å². The molecule has 0 aliphatic carbocycles. The first kappa shape index (κ1) is 16.6. The van der Waals surface area contributed by atoms with Crippen LogP contribution in [0.3, 0.4) is 0 Å². The number of hydrogen-bond donors (Lipinski definition) is 1. The van der Waals surface area contributed by atoms with E-state index in [1.165, 1.54) is 0 Å². The van der Waals surface area contributed by atoms with Gasteiger partial charge >= 0.3 is 0 Å². The van der Waals surface area contributed by atoms with E-state index >= 15 is 0 Å². The number of hydrogen-bond acceptors (Lipinski definition) is 5. The van der Waals surface area contributed by atoms with Crippen molar-refractivity contribution in [3.8, 4) is 11.5 Å². The maximum Gasteiger partial charge on any atom is 0.258 e. The van der Waals surface area contributed by atoms with Crippen LogP contribution in [0.5, 0.6) is 11.5 Å². The van der Waals surface area contributed by atoms with E-state index in [1.807, 2.05) is 13.8 Å². The number of amides is 1. The van der Waals surface area contributed by atoms with Gasteiger partial charge in [0.25, 0.3) is 5.91 Å². The minimum absolute atomic E-state index is 0.161. The smallest absolute Gasteiger partial charge is 0.258 e. The van der Waals surface area contributed by atoms with Crippen LogP contribution < -0.4 is 14.8 Å². The molecule has 0 spiro atoms. The van der Waals surface area contributed by atoms with E-state index in [2.05, 4.69) is 5.32 Å². The highest BCUT2D eigenvalue weighted by molar-refractivity contribution is 5.78. The van der Waals surface area contributed by atoms with Gasteiger partial charge in [-0.1, -0.05) is 0 Å². The zero-order valence-electron chi connectivity index (χ0n) is 13.1. The fraction of sp³-hybridized carbons (Fsp3) is 0.294. The fourth-order valence-corrected chi connectivity index (χ4v) is 2.02. The van der Waals surface area contributed by atoms with Crippen LogP contribution in [0, 0.1) is 0 Å². The van der Waals surface area contributed by atoms with Crippen LogP contribution in [0.2, 0.25) is 0 Å². The molecule has 1 aromatic heterocycles. The Bertz CT molecular complexity index is 651. The van der Waals surface area contributed by atoms with Crippen LogP contribution >= 0.6 is 0 Å². The summed E-state index contributed by atoms with van der Waals surface area (Å²) < 4.78 is 16.1. The van der Waals surface area contributed by atoms with E-state index < -0.39 is 0 Å². The molecule has 23 heavy (non-hydrogen) atoms. The molecule has 1 atom stereocenters. The lowest BCUT2D eigenvalue weighted by Crippen LogP contribution is -2.31. The predicted molar refractivity (Wildman–Crippen MR) is 83.8 cm³/mol. The summed E-state index contributed by atoms with van der Waals surface area (Å²) in [5.74, 6) is 1.24. The number of furan rings is 1. The van der Waals surface area contributed by atoms with E-state index in [0.717, 1.165) is 6.29 Å². The molecule has 2 aromatic rings. The topological polar surface area (TPSA) is 77.8 Å². The van der Waals surface area contributed by atoms with Gasteiger partial charge in [-0.2, -0.15) is 0 Å². The van der Waals surface area contributed by atoms with Gasteiger partial charge in [-0.05, 0) is 44.2 Å². The number of rotatable bonds is 8. The SMILES string of the molecule is CCOc1cc(C=O)ccc1OCC(=O)NC(C)c1ccco1. The third kappa shape index (κ3) is 4.60. The first-order valence-corrected chi connectivity index (χ1v) is 7.31. The molecule has 1 heterocycles. The second kappa shape index (κ2) is 8.03. The van der Waals surface area contributed by atoms with Crippen molar-refractivity contribution in [1.29, 1.82) is 0 Å². The molecule has 0 fully saturated rings. The molecule has 2 rings (SSSR count). The lowest BCUT2D eigenvalue weighted by Gasteiger charge is -2.14. The van der Waals surface area contributed by atoms with Crippen molar-refractivity contribution in [2.45, 2.75) is 19.9 Å². The van der Waals surface area contributed by atoms with Crippen LogP contribution in [-0.2, 0) is 4.79 Å². The Labute approximate surface area is 134 Å². The molecule has 1 N–H and O–H groups in total. The van der Waals surface area contributed by atoms with Crippen LogP contribution in [0.25, 0.3) is 0 Å². The molecule has 0 radical (unpaired) electrons. The second-order valence-corrected chi connectivity index (χ2v) is 4.85. The van der Waals surface area contributed by atoms with E-state index in [9.17, 15) is 9.59 Å². The number of aldehydes is 1. The van der Waals surface area contributed by atoms with Crippen molar-refractivity contribution < 1.29 is 23.5 Å². The van der Waals surface area contributed by atoms with E-state index in [1.54, 1.807) is 36.6 Å². The normalized spacial score (nSPS) is 11.6. The Hall–Kier alpha value is -2.76. The van der Waals surface area contributed by atoms with Crippen molar-refractivity contribution in [2.24, 2.45) is 0 Å². The summed E-state index contributed by atoms with van der Waals surface area (Å²) in [5, 5.41) is 2.77. The van der Waals surface area contributed by atoms with Crippen molar-refractivity contribution in [3.63, 3.8) is 0 Å². The largest absolute Gasteiger partial charge is 0.490 e. The lowest BCUT2D eigenvalue weighted by atomic mass is 10.2. The minimum Gasteiger partial charge on any atom is -0.490 e. The minimum atomic E-state index is -0.282. The van der Waals surface area contributed by atoms with Crippen molar-refractivity contribution >= 4 is 12.2 Å². The number of carbonyl (C=O) groups excluding carboxylic acids is 2. The van der Waals surface area contributed by atoms with Crippen molar-refractivity contribution in [1.82, 2.24) is 5.32 Å². The highest BCUT2D eigenvalue weighted by Gasteiger charge is 2.13. The third-order valence-corrected chi connectivity index (χ3v) is 3.11. The maximum absolute atomic E-state index is 11.9. The molecule has 122 valence electrons. The average molecular weight is 317 g/mol. The second-order valence-electron chi connectivity index (χ2n) is 4.85. The molecule has 0 saturated carbocycles. The molecule has 0 aliphatic heterocycles. The quantitative estimate of drug-likeness (QED) is 0.757. The van der Waals surface area contributed by atoms with Crippen LogP contribution in [0.1, 0.15) is 36.0 Å². The summed E-state index contributed by atoms with van der Waals surface area (Å²) in [4.78, 5) is 22.7. The van der Waals surface area contributed by atoms with Crippen LogP contribution in [0.15, 0.2) is 41.0 Å². The van der Waals surface area contributed by atoms with Crippen molar-refractivity contribution in [2.75, 3.05) is 13.2 Å². The Morgan fingerprint density at radius 1 is 1.30 bits per heavy atom. The van der Waals surface area contributed by atoms with Gasteiger partial charge in [0.15, 0.2) is 18.1 Å². The van der Waals surface area contributed by atoms with Gasteiger partial charge in [0.1, 0.15) is 12.0 Å². The standard InChI is InChI=1S/C17H19NO5/c1-3-21-16-9-13(10-19)6-7-15(16)23-11-17(20)18-12(2)14-5-4-8-22-14/h4-10,12H,3,11H2,1-2H3,(H,18,20). The summed E-state index contributed by atoms with van der Waals surface area (Å²) in [6.07, 6.45) is 2.28. The molecule has 0 saturated heterocycles. The molecule has 0 bridgehead atoms. The van der Waals surface area contributed by atoms with Crippen LogP contribution in [0.4, 0.5) is 0 Å². The summed E-state index contributed by atoms with van der Waals surface area (Å²) in [7, 11) is 0. The Morgan fingerprint density at radius 2 is 2.13 bits per heavy atom. The summed E-state index contributed by atoms with van der Waals surface area (Å²) in [6, 6.07) is 8.10. The average Bonchev–Trinajstić information content (AvgIpc) is 3.08. The highest BCUT2D eigenvalue weighted by Crippen LogP contribution is 2.28. The van der Waals surface area contributed by atoms with Gasteiger partial charge in [-0.3, -0.25) is 9.59 Å². The predicted octanol–water partition coefficient (Wildman–Crippen LogP) is 2.75. The molecule has 6 heteroatoms. The van der Waals surface area contributed by atoms with Crippen molar-refractivity contribution in [3.05, 3.63) is 47.9 Å². The van der Waals surface area contributed by atoms with Gasteiger partial charge in [0.2, 0.25) is 0 Å². The molecule has 1 unspecified atom stereocenters. The first-order chi connectivity index (χ1) is 11.1. The van der Waals surface area contributed by atoms with E-state index in [0.29, 0.717) is 29.4 Å². The molecular formula is C17H19NO5. The molecular weight excluding hydrogens is 298 g/mol. The number of ether oxygens (including phenoxy) is 2. The molecule has 0 aliphatic rings. The summed E-state index contributed by atoms with van der Waals surface area (Å²) in [5.41, 5.74) is 0.483. The Balaban J connectivity index is 1.94.